The third kappa shape index (κ3) is 3.47. The molecule has 1 rings (SSSR count). The summed E-state index contributed by atoms with van der Waals surface area (Å²) in [5.41, 5.74) is 5.80. The SMILES string of the molecule is CCC(N)CC(=O)N1CCN(C)CC1C. The Morgan fingerprint density at radius 2 is 2.20 bits per heavy atom. The molecule has 1 fully saturated rings. The first-order valence-electron chi connectivity index (χ1n) is 5.78. The number of carbonyl (C=O) groups is 1. The molecule has 0 aromatic heterocycles. The topological polar surface area (TPSA) is 49.6 Å². The quantitative estimate of drug-likeness (QED) is 0.732. The fourth-order valence-electron chi connectivity index (χ4n) is 2.00. The average molecular weight is 213 g/mol. The van der Waals surface area contributed by atoms with Crippen LogP contribution in [0.25, 0.3) is 0 Å². The monoisotopic (exact) mass is 213 g/mol. The van der Waals surface area contributed by atoms with Gasteiger partial charge in [-0.2, -0.15) is 0 Å². The van der Waals surface area contributed by atoms with Crippen molar-refractivity contribution in [1.82, 2.24) is 9.80 Å². The third-order valence-electron chi connectivity index (χ3n) is 3.11. The highest BCUT2D eigenvalue weighted by Crippen LogP contribution is 2.10. The van der Waals surface area contributed by atoms with Crippen LogP contribution in [0.1, 0.15) is 26.7 Å². The summed E-state index contributed by atoms with van der Waals surface area (Å²) in [6.07, 6.45) is 1.36. The van der Waals surface area contributed by atoms with Crippen LogP contribution in [-0.2, 0) is 4.79 Å². The Bertz CT molecular complexity index is 220. The second-order valence-corrected chi connectivity index (χ2v) is 4.57. The van der Waals surface area contributed by atoms with Gasteiger partial charge in [0.05, 0.1) is 0 Å². The van der Waals surface area contributed by atoms with Crippen molar-refractivity contribution >= 4 is 5.91 Å². The Hall–Kier alpha value is -0.610. The van der Waals surface area contributed by atoms with Crippen molar-refractivity contribution in [2.75, 3.05) is 26.7 Å². The highest BCUT2D eigenvalue weighted by atomic mass is 16.2. The molecule has 88 valence electrons. The number of amides is 1. The number of piperazine rings is 1. The predicted molar refractivity (Wildman–Crippen MR) is 61.6 cm³/mol. The van der Waals surface area contributed by atoms with E-state index in [1.807, 2.05) is 11.8 Å². The van der Waals surface area contributed by atoms with Crippen LogP contribution in [0.15, 0.2) is 0 Å². The summed E-state index contributed by atoms with van der Waals surface area (Å²) in [5, 5.41) is 0. The lowest BCUT2D eigenvalue weighted by Crippen LogP contribution is -2.53. The van der Waals surface area contributed by atoms with Crippen molar-refractivity contribution in [3.05, 3.63) is 0 Å². The van der Waals surface area contributed by atoms with Gasteiger partial charge in [-0.1, -0.05) is 6.92 Å². The minimum Gasteiger partial charge on any atom is -0.337 e. The van der Waals surface area contributed by atoms with Gasteiger partial charge in [0.1, 0.15) is 0 Å². The largest absolute Gasteiger partial charge is 0.337 e. The predicted octanol–water partition coefficient (Wildman–Crippen LogP) is 0.276. The van der Waals surface area contributed by atoms with Gasteiger partial charge in [0, 0.05) is 38.1 Å². The van der Waals surface area contributed by atoms with E-state index in [4.69, 9.17) is 5.73 Å². The maximum Gasteiger partial charge on any atom is 0.224 e. The third-order valence-corrected chi connectivity index (χ3v) is 3.11. The van der Waals surface area contributed by atoms with Crippen LogP contribution in [0, 0.1) is 0 Å². The molecule has 1 aliphatic rings. The first-order valence-corrected chi connectivity index (χ1v) is 5.78. The molecule has 1 heterocycles. The second-order valence-electron chi connectivity index (χ2n) is 4.57. The van der Waals surface area contributed by atoms with Crippen molar-refractivity contribution in [3.8, 4) is 0 Å². The first-order chi connectivity index (χ1) is 7.04. The molecule has 0 aromatic rings. The Morgan fingerprint density at radius 3 is 2.73 bits per heavy atom. The van der Waals surface area contributed by atoms with E-state index >= 15 is 0 Å². The molecule has 2 atom stereocenters. The van der Waals surface area contributed by atoms with Crippen molar-refractivity contribution < 1.29 is 4.79 Å². The molecule has 0 radical (unpaired) electrons. The normalized spacial score (nSPS) is 25.3. The van der Waals surface area contributed by atoms with E-state index in [-0.39, 0.29) is 11.9 Å². The number of hydrogen-bond acceptors (Lipinski definition) is 3. The second kappa shape index (κ2) is 5.47. The first kappa shape index (κ1) is 12.5. The van der Waals surface area contributed by atoms with Gasteiger partial charge >= 0.3 is 0 Å². The van der Waals surface area contributed by atoms with Gasteiger partial charge < -0.3 is 15.5 Å². The van der Waals surface area contributed by atoms with Gasteiger partial charge in [-0.25, -0.2) is 0 Å². The summed E-state index contributed by atoms with van der Waals surface area (Å²) >= 11 is 0. The Kier molecular flexibility index (Phi) is 4.54. The van der Waals surface area contributed by atoms with Gasteiger partial charge in [0.25, 0.3) is 0 Å². The lowest BCUT2D eigenvalue weighted by molar-refractivity contribution is -0.135. The number of nitrogens with zero attached hydrogens (tertiary/aromatic N) is 2. The van der Waals surface area contributed by atoms with Crippen LogP contribution in [-0.4, -0.2) is 54.5 Å². The van der Waals surface area contributed by atoms with Crippen LogP contribution in [0.4, 0.5) is 0 Å². The summed E-state index contributed by atoms with van der Waals surface area (Å²) in [6.45, 7) is 6.90. The molecule has 0 aromatic carbocycles. The summed E-state index contributed by atoms with van der Waals surface area (Å²) in [5.74, 6) is 0.213. The van der Waals surface area contributed by atoms with Crippen LogP contribution in [0.5, 0.6) is 0 Å². The lowest BCUT2D eigenvalue weighted by Gasteiger charge is -2.38. The van der Waals surface area contributed by atoms with E-state index in [1.165, 1.54) is 0 Å². The summed E-state index contributed by atoms with van der Waals surface area (Å²) in [6, 6.07) is 0.338. The van der Waals surface area contributed by atoms with Gasteiger partial charge in [-0.15, -0.1) is 0 Å². The van der Waals surface area contributed by atoms with Gasteiger partial charge in [-0.05, 0) is 20.4 Å². The fraction of sp³-hybridized carbons (Fsp3) is 0.909. The lowest BCUT2D eigenvalue weighted by atomic mass is 10.1. The maximum atomic E-state index is 11.9. The molecular formula is C11H23N3O. The molecule has 0 saturated carbocycles. The summed E-state index contributed by atoms with van der Waals surface area (Å²) in [7, 11) is 2.09. The highest BCUT2D eigenvalue weighted by Gasteiger charge is 2.26. The van der Waals surface area contributed by atoms with Crippen molar-refractivity contribution in [3.63, 3.8) is 0 Å². The summed E-state index contributed by atoms with van der Waals surface area (Å²) in [4.78, 5) is 16.1. The standard InChI is InChI=1S/C11H23N3O/c1-4-10(12)7-11(15)14-6-5-13(3)8-9(14)2/h9-10H,4-8,12H2,1-3H3. The Morgan fingerprint density at radius 1 is 1.53 bits per heavy atom. The summed E-state index contributed by atoms with van der Waals surface area (Å²) < 4.78 is 0. The number of rotatable bonds is 3. The smallest absolute Gasteiger partial charge is 0.224 e. The maximum absolute atomic E-state index is 11.9. The molecule has 4 nitrogen and oxygen atoms in total. The molecule has 2 N–H and O–H groups in total. The van der Waals surface area contributed by atoms with Gasteiger partial charge in [-0.3, -0.25) is 4.79 Å². The Labute approximate surface area is 92.4 Å². The van der Waals surface area contributed by atoms with Crippen LogP contribution in [0.3, 0.4) is 0 Å². The van der Waals surface area contributed by atoms with Crippen molar-refractivity contribution in [2.45, 2.75) is 38.8 Å². The number of hydrogen-bond donors (Lipinski definition) is 1. The molecule has 0 spiro atoms. The molecule has 1 aliphatic heterocycles. The fourth-order valence-corrected chi connectivity index (χ4v) is 2.00. The van der Waals surface area contributed by atoms with Crippen LogP contribution >= 0.6 is 0 Å². The van der Waals surface area contributed by atoms with E-state index in [9.17, 15) is 4.79 Å². The number of likely N-dealkylation sites (N-methyl/N-ethyl adjacent to an activating group) is 1. The zero-order valence-corrected chi connectivity index (χ0v) is 10.1. The molecular weight excluding hydrogens is 190 g/mol. The van der Waals surface area contributed by atoms with Crippen LogP contribution in [0.2, 0.25) is 0 Å². The molecule has 15 heavy (non-hydrogen) atoms. The van der Waals surface area contributed by atoms with Crippen molar-refractivity contribution in [2.24, 2.45) is 5.73 Å². The molecule has 0 aliphatic carbocycles. The number of carbonyl (C=O) groups excluding carboxylic acids is 1. The van der Waals surface area contributed by atoms with Gasteiger partial charge in [0.15, 0.2) is 0 Å². The Balaban J connectivity index is 2.45. The molecule has 0 bridgehead atoms. The minimum atomic E-state index is 0.0179. The number of nitrogens with two attached hydrogens (primary N) is 1. The van der Waals surface area contributed by atoms with E-state index in [1.54, 1.807) is 0 Å². The van der Waals surface area contributed by atoms with E-state index in [0.29, 0.717) is 12.5 Å². The van der Waals surface area contributed by atoms with Crippen LogP contribution < -0.4 is 5.73 Å². The molecule has 4 heteroatoms. The molecule has 1 amide bonds. The minimum absolute atomic E-state index is 0.0179. The van der Waals surface area contributed by atoms with E-state index in [2.05, 4.69) is 18.9 Å². The van der Waals surface area contributed by atoms with Crippen molar-refractivity contribution in [1.29, 1.82) is 0 Å². The average Bonchev–Trinajstić information content (AvgIpc) is 2.17. The van der Waals surface area contributed by atoms with Gasteiger partial charge in [0.2, 0.25) is 5.91 Å². The molecule has 1 saturated heterocycles. The highest BCUT2D eigenvalue weighted by molar-refractivity contribution is 5.77. The van der Waals surface area contributed by atoms with E-state index < -0.39 is 0 Å². The zero-order valence-electron chi connectivity index (χ0n) is 10.1. The molecule has 2 unspecified atom stereocenters. The van der Waals surface area contributed by atoms with E-state index in [0.717, 1.165) is 26.1 Å². The zero-order chi connectivity index (χ0) is 11.4.